The van der Waals surface area contributed by atoms with Gasteiger partial charge in [-0.25, -0.2) is 4.98 Å². The number of anilines is 1. The van der Waals surface area contributed by atoms with Crippen LogP contribution in [-0.2, 0) is 16.1 Å². The standard InChI is InChI=1S/C14H13N3O4/c1-14(12(18)16-8-9-4-3-7-20-9)13(19)17-11-10(21-14)5-2-6-15-11/h2-7H,8H2,1H3,(H,16,18)(H,15,17,19)/t14-/m1/s1. The maximum atomic E-state index is 12.3. The molecule has 3 heterocycles. The number of carbonyl (C=O) groups excluding carboxylic acids is 2. The number of amides is 2. The predicted molar refractivity (Wildman–Crippen MR) is 72.5 cm³/mol. The molecular weight excluding hydrogens is 274 g/mol. The Bertz CT molecular complexity index is 683. The van der Waals surface area contributed by atoms with E-state index in [-0.39, 0.29) is 6.54 Å². The van der Waals surface area contributed by atoms with E-state index in [2.05, 4.69) is 15.6 Å². The van der Waals surface area contributed by atoms with E-state index in [1.165, 1.54) is 19.4 Å². The molecule has 108 valence electrons. The first-order valence-electron chi connectivity index (χ1n) is 6.36. The van der Waals surface area contributed by atoms with Crippen molar-refractivity contribution in [1.82, 2.24) is 10.3 Å². The van der Waals surface area contributed by atoms with Crippen molar-refractivity contribution in [2.75, 3.05) is 5.32 Å². The number of ether oxygens (including phenoxy) is 1. The Morgan fingerprint density at radius 2 is 2.29 bits per heavy atom. The molecule has 0 saturated heterocycles. The molecule has 0 radical (unpaired) electrons. The fourth-order valence-corrected chi connectivity index (χ4v) is 1.96. The molecular formula is C14H13N3O4. The Labute approximate surface area is 120 Å². The minimum absolute atomic E-state index is 0.179. The smallest absolute Gasteiger partial charge is 0.279 e. The van der Waals surface area contributed by atoms with E-state index >= 15 is 0 Å². The zero-order chi connectivity index (χ0) is 14.9. The van der Waals surface area contributed by atoms with Crippen LogP contribution in [0.2, 0.25) is 0 Å². The Morgan fingerprint density at radius 3 is 3.05 bits per heavy atom. The number of hydrogen-bond donors (Lipinski definition) is 2. The molecule has 1 aliphatic heterocycles. The largest absolute Gasteiger partial charge is 0.467 e. The van der Waals surface area contributed by atoms with Gasteiger partial charge in [0, 0.05) is 6.20 Å². The van der Waals surface area contributed by atoms with Crippen LogP contribution < -0.4 is 15.4 Å². The molecule has 2 amide bonds. The van der Waals surface area contributed by atoms with Crippen molar-refractivity contribution in [3.63, 3.8) is 0 Å². The van der Waals surface area contributed by atoms with Crippen LogP contribution in [0.4, 0.5) is 5.82 Å². The molecule has 0 unspecified atom stereocenters. The summed E-state index contributed by atoms with van der Waals surface area (Å²) in [6.07, 6.45) is 3.04. The van der Waals surface area contributed by atoms with Gasteiger partial charge in [0.05, 0.1) is 12.8 Å². The third kappa shape index (κ3) is 2.33. The van der Waals surface area contributed by atoms with Gasteiger partial charge in [0.15, 0.2) is 11.6 Å². The topological polar surface area (TPSA) is 93.5 Å². The van der Waals surface area contributed by atoms with Crippen LogP contribution in [0.15, 0.2) is 41.1 Å². The first-order valence-corrected chi connectivity index (χ1v) is 6.36. The normalized spacial score (nSPS) is 20.1. The van der Waals surface area contributed by atoms with Crippen LogP contribution in [-0.4, -0.2) is 22.4 Å². The zero-order valence-electron chi connectivity index (χ0n) is 11.3. The number of furan rings is 1. The number of aromatic nitrogens is 1. The highest BCUT2D eigenvalue weighted by atomic mass is 16.5. The molecule has 0 fully saturated rings. The van der Waals surface area contributed by atoms with Crippen molar-refractivity contribution >= 4 is 17.6 Å². The SMILES string of the molecule is C[C@]1(C(=O)NCc2ccco2)Oc2cccnc2NC1=O. The van der Waals surface area contributed by atoms with Gasteiger partial charge in [0.25, 0.3) is 17.4 Å². The lowest BCUT2D eigenvalue weighted by Gasteiger charge is -2.32. The van der Waals surface area contributed by atoms with E-state index in [0.717, 1.165) is 0 Å². The number of hydrogen-bond acceptors (Lipinski definition) is 5. The first kappa shape index (κ1) is 13.2. The molecule has 0 spiro atoms. The van der Waals surface area contributed by atoms with Crippen molar-refractivity contribution < 1.29 is 18.7 Å². The lowest BCUT2D eigenvalue weighted by Crippen LogP contribution is -2.58. The third-order valence-electron chi connectivity index (χ3n) is 3.19. The van der Waals surface area contributed by atoms with E-state index in [1.807, 2.05) is 0 Å². The first-order chi connectivity index (χ1) is 10.1. The highest BCUT2D eigenvalue weighted by Crippen LogP contribution is 2.31. The number of nitrogens with zero attached hydrogens (tertiary/aromatic N) is 1. The quantitative estimate of drug-likeness (QED) is 0.824. The maximum Gasteiger partial charge on any atom is 0.279 e. The average molecular weight is 287 g/mol. The zero-order valence-corrected chi connectivity index (χ0v) is 11.3. The van der Waals surface area contributed by atoms with Crippen molar-refractivity contribution in [3.8, 4) is 5.75 Å². The van der Waals surface area contributed by atoms with E-state index in [0.29, 0.717) is 17.3 Å². The second kappa shape index (κ2) is 4.93. The highest BCUT2D eigenvalue weighted by molar-refractivity contribution is 6.14. The monoisotopic (exact) mass is 287 g/mol. The minimum atomic E-state index is -1.65. The Balaban J connectivity index is 1.77. The van der Waals surface area contributed by atoms with E-state index < -0.39 is 17.4 Å². The molecule has 0 bridgehead atoms. The van der Waals surface area contributed by atoms with Crippen LogP contribution in [0.25, 0.3) is 0 Å². The molecule has 0 saturated carbocycles. The molecule has 2 aromatic rings. The third-order valence-corrected chi connectivity index (χ3v) is 3.19. The van der Waals surface area contributed by atoms with Gasteiger partial charge < -0.3 is 19.8 Å². The number of carbonyl (C=O) groups is 2. The van der Waals surface area contributed by atoms with E-state index in [1.54, 1.807) is 24.3 Å². The molecule has 1 aliphatic rings. The second-order valence-corrected chi connectivity index (χ2v) is 4.70. The number of nitrogens with one attached hydrogen (secondary N) is 2. The van der Waals surface area contributed by atoms with Gasteiger partial charge in [-0.15, -0.1) is 0 Å². The Hall–Kier alpha value is -2.83. The second-order valence-electron chi connectivity index (χ2n) is 4.70. The molecule has 21 heavy (non-hydrogen) atoms. The van der Waals surface area contributed by atoms with E-state index in [9.17, 15) is 9.59 Å². The number of rotatable bonds is 3. The predicted octanol–water partition coefficient (Wildman–Crippen LogP) is 1.08. The summed E-state index contributed by atoms with van der Waals surface area (Å²) >= 11 is 0. The fraction of sp³-hybridized carbons (Fsp3) is 0.214. The molecule has 7 heteroatoms. The molecule has 1 atom stereocenters. The van der Waals surface area contributed by atoms with Gasteiger partial charge >= 0.3 is 0 Å². The maximum absolute atomic E-state index is 12.3. The van der Waals surface area contributed by atoms with Crippen molar-refractivity contribution in [3.05, 3.63) is 42.5 Å². The van der Waals surface area contributed by atoms with Crippen LogP contribution in [0, 0.1) is 0 Å². The molecule has 0 aromatic carbocycles. The van der Waals surface area contributed by atoms with Crippen LogP contribution >= 0.6 is 0 Å². The average Bonchev–Trinajstić information content (AvgIpc) is 2.99. The van der Waals surface area contributed by atoms with Crippen LogP contribution in [0.1, 0.15) is 12.7 Å². The molecule has 7 nitrogen and oxygen atoms in total. The van der Waals surface area contributed by atoms with Gasteiger partial charge in [0.2, 0.25) is 0 Å². The van der Waals surface area contributed by atoms with Gasteiger partial charge in [-0.3, -0.25) is 9.59 Å². The summed E-state index contributed by atoms with van der Waals surface area (Å²) < 4.78 is 10.7. The highest BCUT2D eigenvalue weighted by Gasteiger charge is 2.47. The van der Waals surface area contributed by atoms with Gasteiger partial charge in [-0.05, 0) is 31.2 Å². The Kier molecular flexibility index (Phi) is 3.09. The minimum Gasteiger partial charge on any atom is -0.467 e. The van der Waals surface area contributed by atoms with Crippen molar-refractivity contribution in [2.24, 2.45) is 0 Å². The van der Waals surface area contributed by atoms with Gasteiger partial charge in [-0.1, -0.05) is 0 Å². The fourth-order valence-electron chi connectivity index (χ4n) is 1.96. The summed E-state index contributed by atoms with van der Waals surface area (Å²) in [5, 5.41) is 5.18. The van der Waals surface area contributed by atoms with Crippen LogP contribution in [0.5, 0.6) is 5.75 Å². The molecule has 0 aliphatic carbocycles. The van der Waals surface area contributed by atoms with Crippen molar-refractivity contribution in [2.45, 2.75) is 19.1 Å². The number of fused-ring (bicyclic) bond motifs is 1. The van der Waals surface area contributed by atoms with Crippen LogP contribution in [0.3, 0.4) is 0 Å². The summed E-state index contributed by atoms with van der Waals surface area (Å²) in [5.74, 6) is 0.133. The molecule has 3 rings (SSSR count). The van der Waals surface area contributed by atoms with Crippen molar-refractivity contribution in [1.29, 1.82) is 0 Å². The van der Waals surface area contributed by atoms with E-state index in [4.69, 9.17) is 9.15 Å². The lowest BCUT2D eigenvalue weighted by molar-refractivity contribution is -0.146. The number of pyridine rings is 1. The lowest BCUT2D eigenvalue weighted by atomic mass is 10.0. The molecule has 2 N–H and O–H groups in total. The van der Waals surface area contributed by atoms with Gasteiger partial charge in [0.1, 0.15) is 5.76 Å². The molecule has 2 aromatic heterocycles. The van der Waals surface area contributed by atoms with Gasteiger partial charge in [-0.2, -0.15) is 0 Å². The summed E-state index contributed by atoms with van der Waals surface area (Å²) in [6.45, 7) is 1.59. The summed E-state index contributed by atoms with van der Waals surface area (Å²) in [7, 11) is 0. The summed E-state index contributed by atoms with van der Waals surface area (Å²) in [6, 6.07) is 6.75. The summed E-state index contributed by atoms with van der Waals surface area (Å²) in [4.78, 5) is 28.4. The summed E-state index contributed by atoms with van der Waals surface area (Å²) in [5.41, 5.74) is -1.65. The Morgan fingerprint density at radius 1 is 1.43 bits per heavy atom.